The minimum absolute atomic E-state index is 0.638. The lowest BCUT2D eigenvalue weighted by molar-refractivity contribution is 0.514. The average molecular weight is 209 g/mol. The summed E-state index contributed by atoms with van der Waals surface area (Å²) in [4.78, 5) is 3.83. The Kier molecular flexibility index (Phi) is 2.41. The van der Waals surface area contributed by atoms with Gasteiger partial charge in [0.05, 0.1) is 6.20 Å². The number of hydrogen-bond acceptors (Lipinski definition) is 3. The maximum atomic E-state index is 6.00. The normalized spacial score (nSPS) is 10.4. The van der Waals surface area contributed by atoms with Crippen LogP contribution in [0.1, 0.15) is 11.3 Å². The maximum absolute atomic E-state index is 6.00. The van der Waals surface area contributed by atoms with Crippen LogP contribution in [0.25, 0.3) is 0 Å². The van der Waals surface area contributed by atoms with Crippen molar-refractivity contribution in [1.29, 1.82) is 0 Å². The number of anilines is 1. The van der Waals surface area contributed by atoms with Gasteiger partial charge >= 0.3 is 0 Å². The van der Waals surface area contributed by atoms with Gasteiger partial charge in [0.25, 0.3) is 0 Å². The molecule has 1 aromatic heterocycles. The minimum atomic E-state index is 0.638. The van der Waals surface area contributed by atoms with Crippen LogP contribution >= 0.6 is 11.6 Å². The number of rotatable bonds is 2. The van der Waals surface area contributed by atoms with Crippen LogP contribution < -0.4 is 5.73 Å². The molecular formula is C10H9ClN2O. The summed E-state index contributed by atoms with van der Waals surface area (Å²) >= 11 is 6.00. The summed E-state index contributed by atoms with van der Waals surface area (Å²) in [6.07, 6.45) is 3.71. The van der Waals surface area contributed by atoms with E-state index in [1.165, 1.54) is 6.39 Å². The van der Waals surface area contributed by atoms with Crippen molar-refractivity contribution in [1.82, 2.24) is 4.98 Å². The summed E-state index contributed by atoms with van der Waals surface area (Å²) in [5.74, 6) is 0.789. The van der Waals surface area contributed by atoms with Crippen molar-refractivity contribution in [2.24, 2.45) is 0 Å². The number of halogens is 1. The number of benzene rings is 1. The van der Waals surface area contributed by atoms with Gasteiger partial charge in [-0.05, 0) is 17.7 Å². The first-order valence-electron chi connectivity index (χ1n) is 4.17. The van der Waals surface area contributed by atoms with E-state index in [1.54, 1.807) is 12.3 Å². The molecule has 0 saturated heterocycles. The van der Waals surface area contributed by atoms with Crippen molar-refractivity contribution in [2.75, 3.05) is 5.73 Å². The van der Waals surface area contributed by atoms with E-state index in [1.807, 2.05) is 12.1 Å². The van der Waals surface area contributed by atoms with Gasteiger partial charge < -0.3 is 10.2 Å². The SMILES string of the molecule is Nc1ccc(Cc2cnco2)c(Cl)c1. The molecule has 2 rings (SSSR count). The number of hydrogen-bond donors (Lipinski definition) is 1. The number of nitrogens with two attached hydrogens (primary N) is 1. The average Bonchev–Trinajstić information content (AvgIpc) is 2.62. The summed E-state index contributed by atoms with van der Waals surface area (Å²) in [6, 6.07) is 5.44. The van der Waals surface area contributed by atoms with Crippen molar-refractivity contribution < 1.29 is 4.42 Å². The Bertz CT molecular complexity index is 426. The van der Waals surface area contributed by atoms with Crippen LogP contribution in [0, 0.1) is 0 Å². The standard InChI is InChI=1S/C10H9ClN2O/c11-10-4-8(12)2-1-7(10)3-9-5-13-6-14-9/h1-2,4-6H,3,12H2. The van der Waals surface area contributed by atoms with Crippen molar-refractivity contribution in [3.05, 3.63) is 47.1 Å². The molecular weight excluding hydrogens is 200 g/mol. The van der Waals surface area contributed by atoms with Gasteiger partial charge in [0.1, 0.15) is 5.76 Å². The van der Waals surface area contributed by atoms with Crippen molar-refractivity contribution in [3.63, 3.8) is 0 Å². The zero-order valence-corrected chi connectivity index (χ0v) is 8.16. The minimum Gasteiger partial charge on any atom is -0.448 e. The summed E-state index contributed by atoms with van der Waals surface area (Å²) in [6.45, 7) is 0. The van der Waals surface area contributed by atoms with Crippen LogP contribution in [0.3, 0.4) is 0 Å². The quantitative estimate of drug-likeness (QED) is 0.772. The van der Waals surface area contributed by atoms with Gasteiger partial charge in [-0.2, -0.15) is 0 Å². The van der Waals surface area contributed by atoms with Crippen LogP contribution in [0.2, 0.25) is 5.02 Å². The Balaban J connectivity index is 2.25. The van der Waals surface area contributed by atoms with Crippen LogP contribution in [-0.2, 0) is 6.42 Å². The fourth-order valence-electron chi connectivity index (χ4n) is 1.22. The number of nitrogen functional groups attached to an aromatic ring is 1. The third kappa shape index (κ3) is 1.88. The Morgan fingerprint density at radius 2 is 2.29 bits per heavy atom. The van der Waals surface area contributed by atoms with E-state index in [9.17, 15) is 0 Å². The fourth-order valence-corrected chi connectivity index (χ4v) is 1.48. The molecule has 3 nitrogen and oxygen atoms in total. The molecule has 0 spiro atoms. The smallest absolute Gasteiger partial charge is 0.180 e. The molecule has 0 aliphatic heterocycles. The highest BCUT2D eigenvalue weighted by atomic mass is 35.5. The molecule has 1 aromatic carbocycles. The Labute approximate surface area is 86.5 Å². The molecule has 0 bridgehead atoms. The fraction of sp³-hybridized carbons (Fsp3) is 0.100. The molecule has 0 saturated carbocycles. The number of oxazole rings is 1. The first-order valence-corrected chi connectivity index (χ1v) is 4.55. The highest BCUT2D eigenvalue weighted by Gasteiger charge is 2.04. The second-order valence-corrected chi connectivity index (χ2v) is 3.40. The Morgan fingerprint density at radius 3 is 2.93 bits per heavy atom. The van der Waals surface area contributed by atoms with E-state index in [-0.39, 0.29) is 0 Å². The van der Waals surface area contributed by atoms with E-state index in [0.29, 0.717) is 17.1 Å². The lowest BCUT2D eigenvalue weighted by Crippen LogP contribution is -1.90. The van der Waals surface area contributed by atoms with Gasteiger partial charge in [-0.1, -0.05) is 17.7 Å². The molecule has 0 radical (unpaired) electrons. The Hall–Kier alpha value is -1.48. The van der Waals surface area contributed by atoms with Gasteiger partial charge in [-0.25, -0.2) is 4.98 Å². The Morgan fingerprint density at radius 1 is 1.43 bits per heavy atom. The van der Waals surface area contributed by atoms with E-state index < -0.39 is 0 Å². The van der Waals surface area contributed by atoms with E-state index in [0.717, 1.165) is 11.3 Å². The van der Waals surface area contributed by atoms with E-state index >= 15 is 0 Å². The molecule has 4 heteroatoms. The zero-order valence-electron chi connectivity index (χ0n) is 7.40. The molecule has 14 heavy (non-hydrogen) atoms. The first-order chi connectivity index (χ1) is 6.75. The van der Waals surface area contributed by atoms with Crippen molar-refractivity contribution in [2.45, 2.75) is 6.42 Å². The third-order valence-corrected chi connectivity index (χ3v) is 2.28. The van der Waals surface area contributed by atoms with Gasteiger partial charge in [-0.3, -0.25) is 0 Å². The van der Waals surface area contributed by atoms with Gasteiger partial charge in [0, 0.05) is 17.1 Å². The predicted octanol–water partition coefficient (Wildman–Crippen LogP) is 2.50. The summed E-state index contributed by atoms with van der Waals surface area (Å²) in [5, 5.41) is 0.654. The molecule has 0 amide bonds. The van der Waals surface area contributed by atoms with E-state index in [2.05, 4.69) is 4.98 Å². The monoisotopic (exact) mass is 208 g/mol. The van der Waals surface area contributed by atoms with E-state index in [4.69, 9.17) is 21.8 Å². The topological polar surface area (TPSA) is 52.0 Å². The molecule has 0 atom stereocenters. The lowest BCUT2D eigenvalue weighted by atomic mass is 10.1. The molecule has 2 aromatic rings. The molecule has 1 heterocycles. The zero-order chi connectivity index (χ0) is 9.97. The second kappa shape index (κ2) is 3.72. The summed E-state index contributed by atoms with van der Waals surface area (Å²) in [7, 11) is 0. The van der Waals surface area contributed by atoms with Crippen molar-refractivity contribution in [3.8, 4) is 0 Å². The van der Waals surface area contributed by atoms with Crippen LogP contribution in [-0.4, -0.2) is 4.98 Å². The highest BCUT2D eigenvalue weighted by Crippen LogP contribution is 2.21. The second-order valence-electron chi connectivity index (χ2n) is 3.00. The number of nitrogens with zero attached hydrogens (tertiary/aromatic N) is 1. The van der Waals surface area contributed by atoms with Crippen LogP contribution in [0.15, 0.2) is 35.2 Å². The molecule has 2 N–H and O–H groups in total. The molecule has 72 valence electrons. The number of aromatic nitrogens is 1. The largest absolute Gasteiger partial charge is 0.448 e. The van der Waals surface area contributed by atoms with Crippen molar-refractivity contribution >= 4 is 17.3 Å². The molecule has 0 unspecified atom stereocenters. The highest BCUT2D eigenvalue weighted by molar-refractivity contribution is 6.31. The van der Waals surface area contributed by atoms with Gasteiger partial charge in [0.15, 0.2) is 6.39 Å². The van der Waals surface area contributed by atoms with Gasteiger partial charge in [0.2, 0.25) is 0 Å². The molecule has 0 aliphatic rings. The summed E-state index contributed by atoms with van der Waals surface area (Å²) in [5.41, 5.74) is 7.23. The lowest BCUT2D eigenvalue weighted by Gasteiger charge is -2.02. The molecule has 0 aliphatic carbocycles. The molecule has 0 fully saturated rings. The first kappa shape index (κ1) is 9.09. The van der Waals surface area contributed by atoms with Crippen LogP contribution in [0.4, 0.5) is 5.69 Å². The maximum Gasteiger partial charge on any atom is 0.180 e. The predicted molar refractivity (Wildman–Crippen MR) is 55.2 cm³/mol. The summed E-state index contributed by atoms with van der Waals surface area (Å²) < 4.78 is 5.12. The van der Waals surface area contributed by atoms with Crippen LogP contribution in [0.5, 0.6) is 0 Å². The third-order valence-electron chi connectivity index (χ3n) is 1.93. The van der Waals surface area contributed by atoms with Gasteiger partial charge in [-0.15, -0.1) is 0 Å².